The molecule has 0 spiro atoms. The fourth-order valence-electron chi connectivity index (χ4n) is 2.70. The third kappa shape index (κ3) is 6.93. The van der Waals surface area contributed by atoms with Crippen molar-refractivity contribution in [2.75, 3.05) is 21.3 Å². The van der Waals surface area contributed by atoms with Gasteiger partial charge in [0.1, 0.15) is 0 Å². The molecule has 0 aromatic carbocycles. The lowest BCUT2D eigenvalue weighted by atomic mass is 10.9. The fraction of sp³-hybridized carbons (Fsp3) is 1.00. The summed E-state index contributed by atoms with van der Waals surface area (Å²) in [5.74, 6) is 0. The first kappa shape index (κ1) is 23.8. The van der Waals surface area contributed by atoms with Crippen molar-refractivity contribution < 1.29 is 25.6 Å². The highest BCUT2D eigenvalue weighted by Gasteiger charge is 2.56. The van der Waals surface area contributed by atoms with E-state index in [2.05, 4.69) is 46.2 Å². The minimum atomic E-state index is -2.77. The van der Waals surface area contributed by atoms with Gasteiger partial charge in [0.25, 0.3) is 0 Å². The number of hydrogen-bond donors (Lipinski definition) is 0. The summed E-state index contributed by atoms with van der Waals surface area (Å²) in [6.45, 7) is 17.1. The highest BCUT2D eigenvalue weighted by atomic mass is 28.5. The zero-order chi connectivity index (χ0) is 18.5. The van der Waals surface area contributed by atoms with Gasteiger partial charge in [0, 0.05) is 33.0 Å². The Labute approximate surface area is 149 Å². The Kier molecular flexibility index (Phi) is 9.87. The van der Waals surface area contributed by atoms with Gasteiger partial charge in [-0.05, 0) is 39.3 Å². The molecule has 0 aliphatic carbocycles. The minimum Gasteiger partial charge on any atom is -0.420 e. The van der Waals surface area contributed by atoms with E-state index in [0.29, 0.717) is 0 Å². The molecule has 11 heteroatoms. The Morgan fingerprint density at radius 2 is 1.09 bits per heavy atom. The fourth-order valence-corrected chi connectivity index (χ4v) is 22.6. The lowest BCUT2D eigenvalue weighted by Crippen LogP contribution is -2.62. The van der Waals surface area contributed by atoms with Gasteiger partial charge in [-0.15, -0.1) is 0 Å². The number of hydrogen-bond acceptors (Lipinski definition) is 6. The van der Waals surface area contributed by atoms with E-state index in [4.69, 9.17) is 25.6 Å². The minimum absolute atomic E-state index is 0.0664. The first-order chi connectivity index (χ1) is 10.4. The smallest absolute Gasteiger partial charge is 0.420 e. The van der Waals surface area contributed by atoms with E-state index in [0.717, 1.165) is 0 Å². The molecule has 0 aromatic heterocycles. The molecule has 0 aliphatic rings. The Hall–Kier alpha value is 0.844. The van der Waals surface area contributed by atoms with Crippen LogP contribution in [0.4, 0.5) is 0 Å². The first-order valence-corrected chi connectivity index (χ1v) is 20.7. The molecule has 23 heavy (non-hydrogen) atoms. The maximum absolute atomic E-state index is 6.62. The summed E-state index contributed by atoms with van der Waals surface area (Å²) in [6, 6.07) is 0. The van der Waals surface area contributed by atoms with Crippen LogP contribution in [0.15, 0.2) is 0 Å². The standard InChI is InChI=1S/C12H36O6Si5/c1-12(23(13-2,14-3)15-4)21(9,10)18-22(11,16-19(5)6)17-20(7)8/h12,19-20H,1-11H3. The zero-order valence-corrected chi connectivity index (χ0v) is 22.0. The normalized spacial score (nSPS) is 15.5. The van der Waals surface area contributed by atoms with Crippen LogP contribution in [0.2, 0.25) is 51.0 Å². The van der Waals surface area contributed by atoms with Crippen molar-refractivity contribution >= 4 is 44.0 Å². The Morgan fingerprint density at radius 3 is 1.35 bits per heavy atom. The van der Waals surface area contributed by atoms with E-state index in [9.17, 15) is 0 Å². The molecule has 0 radical (unpaired) electrons. The van der Waals surface area contributed by atoms with Crippen molar-refractivity contribution in [3.8, 4) is 0 Å². The van der Waals surface area contributed by atoms with Crippen LogP contribution in [0.25, 0.3) is 0 Å². The van der Waals surface area contributed by atoms with E-state index in [-0.39, 0.29) is 5.16 Å². The van der Waals surface area contributed by atoms with Crippen LogP contribution < -0.4 is 0 Å². The second-order valence-corrected chi connectivity index (χ2v) is 23.4. The molecule has 1 unspecified atom stereocenters. The molecule has 1 atom stereocenters. The van der Waals surface area contributed by atoms with Crippen LogP contribution in [0.1, 0.15) is 6.92 Å². The second-order valence-electron chi connectivity index (χ2n) is 6.84. The first-order valence-electron chi connectivity index (χ1n) is 8.09. The largest absolute Gasteiger partial charge is 0.502 e. The Balaban J connectivity index is 5.44. The molecule has 0 amide bonds. The van der Waals surface area contributed by atoms with Crippen molar-refractivity contribution in [1.82, 2.24) is 0 Å². The van der Waals surface area contributed by atoms with Gasteiger partial charge in [0.05, 0.1) is 0 Å². The van der Waals surface area contributed by atoms with Gasteiger partial charge in [-0.25, -0.2) is 0 Å². The number of rotatable bonds is 11. The molecule has 0 fully saturated rings. The molecular weight excluding hydrogens is 381 g/mol. The SMILES string of the molecule is CO[Si](OC)(OC)C(C)[Si](C)(C)O[Si](C)(O[SiH](C)C)O[SiH](C)C. The van der Waals surface area contributed by atoms with Gasteiger partial charge in [-0.1, -0.05) is 6.92 Å². The molecule has 0 saturated carbocycles. The van der Waals surface area contributed by atoms with E-state index >= 15 is 0 Å². The average Bonchev–Trinajstić information content (AvgIpc) is 2.37. The third-order valence-electron chi connectivity index (χ3n) is 3.77. The van der Waals surface area contributed by atoms with Gasteiger partial charge >= 0.3 is 17.6 Å². The molecule has 0 saturated heterocycles. The summed E-state index contributed by atoms with van der Waals surface area (Å²) in [4.78, 5) is 0. The molecule has 0 heterocycles. The monoisotopic (exact) mass is 416 g/mol. The summed E-state index contributed by atoms with van der Waals surface area (Å²) in [6.07, 6.45) is 0. The van der Waals surface area contributed by atoms with Gasteiger partial charge in [0.15, 0.2) is 26.4 Å². The second kappa shape index (κ2) is 9.52. The van der Waals surface area contributed by atoms with Crippen molar-refractivity contribution in [2.24, 2.45) is 0 Å². The van der Waals surface area contributed by atoms with Crippen LogP contribution >= 0.6 is 0 Å². The van der Waals surface area contributed by atoms with Gasteiger partial charge < -0.3 is 25.6 Å². The van der Waals surface area contributed by atoms with E-state index < -0.39 is 44.0 Å². The molecule has 6 nitrogen and oxygen atoms in total. The van der Waals surface area contributed by atoms with Crippen LogP contribution in [0.3, 0.4) is 0 Å². The molecule has 0 N–H and O–H groups in total. The van der Waals surface area contributed by atoms with Gasteiger partial charge in [0.2, 0.25) is 0 Å². The average molecular weight is 417 g/mol. The Bertz CT molecular complexity index is 333. The van der Waals surface area contributed by atoms with Crippen LogP contribution in [-0.2, 0) is 25.6 Å². The van der Waals surface area contributed by atoms with Crippen LogP contribution in [0.5, 0.6) is 0 Å². The maximum Gasteiger partial charge on any atom is 0.502 e. The highest BCUT2D eigenvalue weighted by Crippen LogP contribution is 2.36. The van der Waals surface area contributed by atoms with Crippen molar-refractivity contribution in [3.63, 3.8) is 0 Å². The lowest BCUT2D eigenvalue weighted by Gasteiger charge is -2.43. The zero-order valence-electron chi connectivity index (χ0n) is 16.7. The molecule has 0 aliphatic heterocycles. The van der Waals surface area contributed by atoms with Crippen molar-refractivity contribution in [1.29, 1.82) is 0 Å². The van der Waals surface area contributed by atoms with Gasteiger partial charge in [-0.3, -0.25) is 0 Å². The molecular formula is C12H36O6Si5. The summed E-state index contributed by atoms with van der Waals surface area (Å²) in [5.41, 5.74) is 0. The van der Waals surface area contributed by atoms with E-state index in [1.165, 1.54) is 0 Å². The molecule has 140 valence electrons. The maximum atomic E-state index is 6.62. The topological polar surface area (TPSA) is 55.4 Å². The van der Waals surface area contributed by atoms with E-state index in [1.54, 1.807) is 21.3 Å². The lowest BCUT2D eigenvalue weighted by molar-refractivity contribution is 0.118. The predicted octanol–water partition coefficient (Wildman–Crippen LogP) is 2.58. The Morgan fingerprint density at radius 1 is 0.739 bits per heavy atom. The molecule has 0 rings (SSSR count). The van der Waals surface area contributed by atoms with Crippen LogP contribution in [-0.4, -0.2) is 65.3 Å². The van der Waals surface area contributed by atoms with Gasteiger partial charge in [-0.2, -0.15) is 0 Å². The predicted molar refractivity (Wildman–Crippen MR) is 106 cm³/mol. The van der Waals surface area contributed by atoms with Crippen molar-refractivity contribution in [2.45, 2.75) is 57.9 Å². The van der Waals surface area contributed by atoms with Crippen LogP contribution in [0, 0.1) is 0 Å². The quantitative estimate of drug-likeness (QED) is 0.483. The highest BCUT2D eigenvalue weighted by molar-refractivity contribution is 6.92. The summed E-state index contributed by atoms with van der Waals surface area (Å²) >= 11 is 0. The third-order valence-corrected chi connectivity index (χ3v) is 22.6. The molecule has 0 bridgehead atoms. The summed E-state index contributed by atoms with van der Waals surface area (Å²) < 4.78 is 36.1. The summed E-state index contributed by atoms with van der Waals surface area (Å²) in [5, 5.41) is 0.0664. The summed E-state index contributed by atoms with van der Waals surface area (Å²) in [7, 11) is -5.24. The molecule has 0 aromatic rings. The van der Waals surface area contributed by atoms with Crippen molar-refractivity contribution in [3.05, 3.63) is 0 Å². The van der Waals surface area contributed by atoms with E-state index in [1.807, 2.05) is 6.55 Å².